The van der Waals surface area contributed by atoms with E-state index in [4.69, 9.17) is 0 Å². The minimum Gasteiger partial charge on any atom is -0.317 e. The van der Waals surface area contributed by atoms with Gasteiger partial charge < -0.3 is 16.0 Å². The van der Waals surface area contributed by atoms with E-state index in [-0.39, 0.29) is 6.03 Å². The van der Waals surface area contributed by atoms with Gasteiger partial charge in [-0.25, -0.2) is 4.79 Å². The third kappa shape index (κ3) is 6.10. The Hall–Kier alpha value is -2.33. The molecule has 0 bridgehead atoms. The molecule has 3 N–H and O–H groups in total. The highest BCUT2D eigenvalue weighted by atomic mass is 16.2. The monoisotopic (exact) mass is 283 g/mol. The maximum atomic E-state index is 11.6. The molecule has 1 fully saturated rings. The Morgan fingerprint density at radius 3 is 1.52 bits per heavy atom. The number of anilines is 2. The zero-order valence-electron chi connectivity index (χ0n) is 12.0. The van der Waals surface area contributed by atoms with Crippen LogP contribution in [-0.2, 0) is 0 Å². The second kappa shape index (κ2) is 8.76. The van der Waals surface area contributed by atoms with E-state index in [1.165, 1.54) is 25.9 Å². The van der Waals surface area contributed by atoms with Gasteiger partial charge in [-0.1, -0.05) is 36.4 Å². The Morgan fingerprint density at radius 2 is 1.19 bits per heavy atom. The summed E-state index contributed by atoms with van der Waals surface area (Å²) in [5.74, 6) is 0. The van der Waals surface area contributed by atoms with Crippen molar-refractivity contribution in [2.45, 2.75) is 12.8 Å². The summed E-state index contributed by atoms with van der Waals surface area (Å²) in [6.07, 6.45) is 2.78. The van der Waals surface area contributed by atoms with Crippen molar-refractivity contribution < 1.29 is 4.79 Å². The Morgan fingerprint density at radius 1 is 0.762 bits per heavy atom. The minimum absolute atomic E-state index is 0.239. The molecule has 0 spiro atoms. The molecule has 4 nitrogen and oxygen atoms in total. The summed E-state index contributed by atoms with van der Waals surface area (Å²) in [5.41, 5.74) is 1.55. The molecule has 0 aromatic heterocycles. The molecule has 2 aromatic carbocycles. The lowest BCUT2D eigenvalue weighted by Gasteiger charge is -2.06. The molecule has 4 heteroatoms. The zero-order valence-corrected chi connectivity index (χ0v) is 12.0. The van der Waals surface area contributed by atoms with Crippen molar-refractivity contribution in [1.29, 1.82) is 0 Å². The lowest BCUT2D eigenvalue weighted by molar-refractivity contribution is 0.262. The van der Waals surface area contributed by atoms with E-state index in [2.05, 4.69) is 16.0 Å². The average molecular weight is 283 g/mol. The normalized spacial score (nSPS) is 13.0. The first-order valence-electron chi connectivity index (χ1n) is 7.23. The Labute approximate surface area is 125 Å². The number of urea groups is 1. The summed E-state index contributed by atoms with van der Waals surface area (Å²) in [5, 5.41) is 8.70. The van der Waals surface area contributed by atoms with Crippen molar-refractivity contribution >= 4 is 17.4 Å². The molecule has 21 heavy (non-hydrogen) atoms. The van der Waals surface area contributed by atoms with Crippen molar-refractivity contribution in [3.63, 3.8) is 0 Å². The topological polar surface area (TPSA) is 53.2 Å². The minimum atomic E-state index is -0.239. The molecule has 2 amide bonds. The van der Waals surface area contributed by atoms with E-state index in [0.717, 1.165) is 11.4 Å². The van der Waals surface area contributed by atoms with Crippen LogP contribution in [0.5, 0.6) is 0 Å². The second-order valence-electron chi connectivity index (χ2n) is 4.77. The van der Waals surface area contributed by atoms with Crippen LogP contribution in [0.2, 0.25) is 0 Å². The quantitative estimate of drug-likeness (QED) is 0.787. The number of hydrogen-bond acceptors (Lipinski definition) is 2. The van der Waals surface area contributed by atoms with Gasteiger partial charge in [0.15, 0.2) is 0 Å². The fraction of sp³-hybridized carbons (Fsp3) is 0.235. The van der Waals surface area contributed by atoms with Crippen LogP contribution in [0.25, 0.3) is 0 Å². The van der Waals surface area contributed by atoms with Crippen molar-refractivity contribution in [1.82, 2.24) is 5.32 Å². The van der Waals surface area contributed by atoms with Gasteiger partial charge in [-0.15, -0.1) is 0 Å². The largest absolute Gasteiger partial charge is 0.323 e. The highest BCUT2D eigenvalue weighted by Crippen LogP contribution is 2.08. The van der Waals surface area contributed by atoms with Gasteiger partial charge in [-0.2, -0.15) is 0 Å². The van der Waals surface area contributed by atoms with E-state index in [1.54, 1.807) is 0 Å². The molecule has 1 saturated heterocycles. The number of para-hydroxylation sites is 2. The molecule has 0 atom stereocenters. The van der Waals surface area contributed by atoms with Gasteiger partial charge in [0.2, 0.25) is 0 Å². The number of benzene rings is 2. The summed E-state index contributed by atoms with van der Waals surface area (Å²) < 4.78 is 0. The molecular formula is C17H21N3O. The summed E-state index contributed by atoms with van der Waals surface area (Å²) in [4.78, 5) is 11.6. The first kappa shape index (κ1) is 15.1. The van der Waals surface area contributed by atoms with Gasteiger partial charge in [0.1, 0.15) is 0 Å². The predicted octanol–water partition coefficient (Wildman–Crippen LogP) is 3.70. The number of nitrogens with one attached hydrogen (secondary N) is 3. The predicted molar refractivity (Wildman–Crippen MR) is 87.6 cm³/mol. The molecule has 1 aliphatic heterocycles. The average Bonchev–Trinajstić information content (AvgIpc) is 3.09. The van der Waals surface area contributed by atoms with Gasteiger partial charge in [0, 0.05) is 11.4 Å². The molecule has 110 valence electrons. The van der Waals surface area contributed by atoms with Gasteiger partial charge >= 0.3 is 6.03 Å². The van der Waals surface area contributed by atoms with Crippen LogP contribution in [0.15, 0.2) is 60.7 Å². The smallest absolute Gasteiger partial charge is 0.317 e. The lowest BCUT2D eigenvalue weighted by atomic mass is 10.3. The van der Waals surface area contributed by atoms with Crippen molar-refractivity contribution in [2.24, 2.45) is 0 Å². The number of amides is 2. The maximum absolute atomic E-state index is 11.6. The molecule has 0 saturated carbocycles. The van der Waals surface area contributed by atoms with E-state index < -0.39 is 0 Å². The highest BCUT2D eigenvalue weighted by Gasteiger charge is 2.00. The number of carbonyl (C=O) groups excluding carboxylic acids is 1. The number of carbonyl (C=O) groups is 1. The Balaban J connectivity index is 0.000000272. The summed E-state index contributed by atoms with van der Waals surface area (Å²) in [6.45, 7) is 2.50. The van der Waals surface area contributed by atoms with Crippen molar-refractivity contribution in [3.8, 4) is 0 Å². The van der Waals surface area contributed by atoms with Crippen molar-refractivity contribution in [3.05, 3.63) is 60.7 Å². The number of hydrogen-bond donors (Lipinski definition) is 3. The molecule has 2 aromatic rings. The van der Waals surface area contributed by atoms with Crippen LogP contribution in [0.3, 0.4) is 0 Å². The van der Waals surface area contributed by atoms with Crippen LogP contribution >= 0.6 is 0 Å². The first-order valence-corrected chi connectivity index (χ1v) is 7.23. The van der Waals surface area contributed by atoms with Crippen LogP contribution in [0.1, 0.15) is 12.8 Å². The Bertz CT molecular complexity index is 473. The fourth-order valence-electron chi connectivity index (χ4n) is 1.96. The summed E-state index contributed by atoms with van der Waals surface area (Å²) in [6, 6.07) is 18.4. The van der Waals surface area contributed by atoms with Crippen molar-refractivity contribution in [2.75, 3.05) is 23.7 Å². The number of rotatable bonds is 2. The van der Waals surface area contributed by atoms with E-state index in [1.807, 2.05) is 60.7 Å². The third-order valence-electron chi connectivity index (χ3n) is 3.02. The SMILES string of the molecule is C1CCNC1.O=C(Nc1ccccc1)Nc1ccccc1. The molecule has 1 heterocycles. The van der Waals surface area contributed by atoms with Crippen LogP contribution < -0.4 is 16.0 Å². The first-order chi connectivity index (χ1) is 10.3. The molecular weight excluding hydrogens is 262 g/mol. The van der Waals surface area contributed by atoms with Gasteiger partial charge in [0.05, 0.1) is 0 Å². The molecule has 0 unspecified atom stereocenters. The van der Waals surface area contributed by atoms with Crippen LogP contribution in [0.4, 0.5) is 16.2 Å². The van der Waals surface area contributed by atoms with Gasteiger partial charge in [-0.05, 0) is 50.2 Å². The molecule has 1 aliphatic rings. The highest BCUT2D eigenvalue weighted by molar-refractivity contribution is 5.99. The summed E-state index contributed by atoms with van der Waals surface area (Å²) >= 11 is 0. The molecule has 3 rings (SSSR count). The maximum Gasteiger partial charge on any atom is 0.323 e. The molecule has 0 aliphatic carbocycles. The van der Waals surface area contributed by atoms with E-state index in [9.17, 15) is 4.79 Å². The standard InChI is InChI=1S/C13H12N2O.C4H9N/c16-13(14-11-7-3-1-4-8-11)15-12-9-5-2-6-10-12;1-2-4-5-3-1/h1-10H,(H2,14,15,16);5H,1-4H2. The van der Waals surface area contributed by atoms with E-state index >= 15 is 0 Å². The fourth-order valence-corrected chi connectivity index (χ4v) is 1.96. The van der Waals surface area contributed by atoms with Crippen LogP contribution in [0, 0.1) is 0 Å². The third-order valence-corrected chi connectivity index (χ3v) is 3.02. The lowest BCUT2D eigenvalue weighted by Crippen LogP contribution is -2.19. The van der Waals surface area contributed by atoms with Gasteiger partial charge in [0.25, 0.3) is 0 Å². The van der Waals surface area contributed by atoms with Crippen LogP contribution in [-0.4, -0.2) is 19.1 Å². The van der Waals surface area contributed by atoms with E-state index in [0.29, 0.717) is 0 Å². The summed E-state index contributed by atoms with van der Waals surface area (Å²) in [7, 11) is 0. The van der Waals surface area contributed by atoms with Gasteiger partial charge in [-0.3, -0.25) is 0 Å². The molecule has 0 radical (unpaired) electrons. The zero-order chi connectivity index (χ0) is 14.8. The second-order valence-corrected chi connectivity index (χ2v) is 4.77. The Kier molecular flexibility index (Phi) is 6.29.